The molecule has 0 saturated heterocycles. The van der Waals surface area contributed by atoms with Gasteiger partial charge in [-0.2, -0.15) is 0 Å². The Hall–Kier alpha value is -2.50. The molecule has 0 aliphatic heterocycles. The van der Waals surface area contributed by atoms with Gasteiger partial charge in [0.25, 0.3) is 0 Å². The molecule has 20 heavy (non-hydrogen) atoms. The van der Waals surface area contributed by atoms with E-state index in [-0.39, 0.29) is 6.03 Å². The van der Waals surface area contributed by atoms with E-state index < -0.39 is 0 Å². The van der Waals surface area contributed by atoms with Crippen LogP contribution in [0.5, 0.6) is 0 Å². The van der Waals surface area contributed by atoms with Gasteiger partial charge in [0.05, 0.1) is 0 Å². The third kappa shape index (κ3) is 4.01. The lowest BCUT2D eigenvalue weighted by Gasteiger charge is -2.07. The van der Waals surface area contributed by atoms with E-state index >= 15 is 0 Å². The summed E-state index contributed by atoms with van der Waals surface area (Å²) in [6, 6.07) is 5.08. The Labute approximate surface area is 117 Å². The van der Waals surface area contributed by atoms with E-state index in [1.165, 1.54) is 0 Å². The molecule has 2 rings (SSSR count). The lowest BCUT2D eigenvalue weighted by molar-refractivity contribution is 0.252. The van der Waals surface area contributed by atoms with E-state index in [9.17, 15) is 4.79 Å². The zero-order chi connectivity index (χ0) is 14.2. The monoisotopic (exact) mass is 271 g/mol. The van der Waals surface area contributed by atoms with Gasteiger partial charge in [-0.25, -0.2) is 14.8 Å². The van der Waals surface area contributed by atoms with Gasteiger partial charge >= 0.3 is 6.03 Å². The fourth-order valence-electron chi connectivity index (χ4n) is 1.60. The number of hydrogen-bond donors (Lipinski definition) is 2. The SMILES string of the molecule is CCCCNC(=O)Nc1ccnc(-c2cccnc2)n1. The van der Waals surface area contributed by atoms with Crippen molar-refractivity contribution in [3.8, 4) is 11.4 Å². The van der Waals surface area contributed by atoms with E-state index in [0.29, 0.717) is 18.2 Å². The third-order valence-corrected chi connectivity index (χ3v) is 2.63. The Morgan fingerprint density at radius 1 is 1.30 bits per heavy atom. The van der Waals surface area contributed by atoms with Crippen molar-refractivity contribution in [3.05, 3.63) is 36.8 Å². The molecule has 0 saturated carbocycles. The number of anilines is 1. The summed E-state index contributed by atoms with van der Waals surface area (Å²) in [6.45, 7) is 2.73. The summed E-state index contributed by atoms with van der Waals surface area (Å²) in [6.07, 6.45) is 6.97. The predicted molar refractivity (Wildman–Crippen MR) is 77.2 cm³/mol. The van der Waals surface area contributed by atoms with Crippen LogP contribution in [0.25, 0.3) is 11.4 Å². The minimum absolute atomic E-state index is 0.255. The molecule has 0 aliphatic rings. The smallest absolute Gasteiger partial charge is 0.320 e. The zero-order valence-electron chi connectivity index (χ0n) is 11.3. The van der Waals surface area contributed by atoms with Crippen LogP contribution < -0.4 is 10.6 Å². The van der Waals surface area contributed by atoms with Crippen molar-refractivity contribution >= 4 is 11.8 Å². The molecule has 0 bridgehead atoms. The number of nitrogens with one attached hydrogen (secondary N) is 2. The second kappa shape index (κ2) is 7.18. The fraction of sp³-hybridized carbons (Fsp3) is 0.286. The van der Waals surface area contributed by atoms with Crippen molar-refractivity contribution in [1.82, 2.24) is 20.3 Å². The highest BCUT2D eigenvalue weighted by atomic mass is 16.2. The maximum Gasteiger partial charge on any atom is 0.320 e. The minimum Gasteiger partial charge on any atom is -0.338 e. The largest absolute Gasteiger partial charge is 0.338 e. The Morgan fingerprint density at radius 2 is 2.20 bits per heavy atom. The van der Waals surface area contributed by atoms with Crippen molar-refractivity contribution in [2.45, 2.75) is 19.8 Å². The standard InChI is InChI=1S/C14H17N5O/c1-2-3-8-17-14(20)19-12-6-9-16-13(18-12)11-5-4-7-15-10-11/h4-7,9-10H,2-3,8H2,1H3,(H2,16,17,18,19,20). The number of carbonyl (C=O) groups is 1. The molecule has 0 unspecified atom stereocenters. The van der Waals surface area contributed by atoms with Crippen LogP contribution in [0, 0.1) is 0 Å². The first-order valence-corrected chi connectivity index (χ1v) is 6.58. The van der Waals surface area contributed by atoms with Crippen LogP contribution in [0.15, 0.2) is 36.8 Å². The summed E-state index contributed by atoms with van der Waals surface area (Å²) in [5.74, 6) is 0.998. The number of carbonyl (C=O) groups excluding carboxylic acids is 1. The number of aromatic nitrogens is 3. The predicted octanol–water partition coefficient (Wildman–Crippen LogP) is 2.46. The summed E-state index contributed by atoms with van der Waals surface area (Å²) in [4.78, 5) is 24.1. The van der Waals surface area contributed by atoms with Gasteiger partial charge in [0, 0.05) is 30.7 Å². The molecule has 2 heterocycles. The summed E-state index contributed by atoms with van der Waals surface area (Å²) >= 11 is 0. The first-order valence-electron chi connectivity index (χ1n) is 6.58. The quantitative estimate of drug-likeness (QED) is 0.819. The molecule has 104 valence electrons. The Bertz CT molecular complexity index is 559. The zero-order valence-corrected chi connectivity index (χ0v) is 11.3. The van der Waals surface area contributed by atoms with Crippen molar-refractivity contribution in [1.29, 1.82) is 0 Å². The molecule has 0 aliphatic carbocycles. The molecule has 0 spiro atoms. The molecule has 0 atom stereocenters. The second-order valence-electron chi connectivity index (χ2n) is 4.24. The number of nitrogens with zero attached hydrogens (tertiary/aromatic N) is 3. The Kier molecular flexibility index (Phi) is 5.00. The van der Waals surface area contributed by atoms with Gasteiger partial charge in [-0.05, 0) is 24.6 Å². The highest BCUT2D eigenvalue weighted by molar-refractivity contribution is 5.88. The molecule has 0 aromatic carbocycles. The van der Waals surface area contributed by atoms with E-state index in [4.69, 9.17) is 0 Å². The van der Waals surface area contributed by atoms with Crippen LogP contribution in [0.4, 0.5) is 10.6 Å². The van der Waals surface area contributed by atoms with Crippen molar-refractivity contribution < 1.29 is 4.79 Å². The van der Waals surface area contributed by atoms with Gasteiger partial charge in [-0.15, -0.1) is 0 Å². The lowest BCUT2D eigenvalue weighted by atomic mass is 10.3. The van der Waals surface area contributed by atoms with Crippen molar-refractivity contribution in [2.24, 2.45) is 0 Å². The molecule has 2 N–H and O–H groups in total. The molecule has 6 nitrogen and oxygen atoms in total. The van der Waals surface area contributed by atoms with Gasteiger partial charge in [0.2, 0.25) is 0 Å². The molecular formula is C14H17N5O. The molecule has 0 radical (unpaired) electrons. The Morgan fingerprint density at radius 3 is 2.95 bits per heavy atom. The van der Waals surface area contributed by atoms with Gasteiger partial charge in [0.15, 0.2) is 5.82 Å². The molecule has 2 aromatic rings. The van der Waals surface area contributed by atoms with E-state index in [1.807, 2.05) is 12.1 Å². The van der Waals surface area contributed by atoms with E-state index in [2.05, 4.69) is 32.5 Å². The maximum absolute atomic E-state index is 11.6. The highest BCUT2D eigenvalue weighted by Gasteiger charge is 2.05. The minimum atomic E-state index is -0.255. The average molecular weight is 271 g/mol. The van der Waals surface area contributed by atoms with Gasteiger partial charge in [-0.3, -0.25) is 10.3 Å². The van der Waals surface area contributed by atoms with Gasteiger partial charge in [-0.1, -0.05) is 13.3 Å². The fourth-order valence-corrected chi connectivity index (χ4v) is 1.60. The van der Waals surface area contributed by atoms with Crippen LogP contribution in [0.1, 0.15) is 19.8 Å². The van der Waals surface area contributed by atoms with E-state index in [0.717, 1.165) is 18.4 Å². The average Bonchev–Trinajstić information content (AvgIpc) is 2.49. The summed E-state index contributed by atoms with van der Waals surface area (Å²) in [7, 11) is 0. The number of amides is 2. The molecule has 2 amide bonds. The number of unbranched alkanes of at least 4 members (excludes halogenated alkanes) is 1. The topological polar surface area (TPSA) is 79.8 Å². The lowest BCUT2D eigenvalue weighted by Crippen LogP contribution is -2.29. The number of pyridine rings is 1. The first-order chi connectivity index (χ1) is 9.79. The third-order valence-electron chi connectivity index (χ3n) is 2.63. The first kappa shape index (κ1) is 13.9. The van der Waals surface area contributed by atoms with Crippen molar-refractivity contribution in [2.75, 3.05) is 11.9 Å². The molecular weight excluding hydrogens is 254 g/mol. The van der Waals surface area contributed by atoms with Gasteiger partial charge in [0.1, 0.15) is 5.82 Å². The Balaban J connectivity index is 2.01. The number of hydrogen-bond acceptors (Lipinski definition) is 4. The van der Waals surface area contributed by atoms with Gasteiger partial charge < -0.3 is 5.32 Å². The van der Waals surface area contributed by atoms with Crippen LogP contribution in [0.2, 0.25) is 0 Å². The molecule has 0 fully saturated rings. The summed E-state index contributed by atoms with van der Waals surface area (Å²) < 4.78 is 0. The summed E-state index contributed by atoms with van der Waals surface area (Å²) in [5, 5.41) is 5.46. The number of urea groups is 1. The van der Waals surface area contributed by atoms with Crippen LogP contribution in [0.3, 0.4) is 0 Å². The summed E-state index contributed by atoms with van der Waals surface area (Å²) in [5.41, 5.74) is 0.808. The van der Waals surface area contributed by atoms with E-state index in [1.54, 1.807) is 24.7 Å². The van der Waals surface area contributed by atoms with Crippen LogP contribution in [-0.4, -0.2) is 27.5 Å². The van der Waals surface area contributed by atoms with Crippen LogP contribution >= 0.6 is 0 Å². The molecule has 6 heteroatoms. The van der Waals surface area contributed by atoms with Crippen molar-refractivity contribution in [3.63, 3.8) is 0 Å². The normalized spacial score (nSPS) is 10.1. The molecule has 2 aromatic heterocycles. The number of rotatable bonds is 5. The van der Waals surface area contributed by atoms with Crippen LogP contribution in [-0.2, 0) is 0 Å². The highest BCUT2D eigenvalue weighted by Crippen LogP contribution is 2.14. The second-order valence-corrected chi connectivity index (χ2v) is 4.24. The maximum atomic E-state index is 11.6.